The minimum Gasteiger partial charge on any atom is -0.325 e. The Hall–Kier alpha value is -1.88. The molecule has 0 saturated carbocycles. The van der Waals surface area contributed by atoms with Gasteiger partial charge in [-0.1, -0.05) is 41.9 Å². The van der Waals surface area contributed by atoms with E-state index in [1.54, 1.807) is 0 Å². The first-order valence-electron chi connectivity index (χ1n) is 9.07. The maximum absolute atomic E-state index is 12.4. The van der Waals surface area contributed by atoms with Gasteiger partial charge in [0.2, 0.25) is 5.91 Å². The van der Waals surface area contributed by atoms with Gasteiger partial charge in [0.05, 0.1) is 6.54 Å². The van der Waals surface area contributed by atoms with Crippen molar-refractivity contribution in [3.05, 3.63) is 64.2 Å². The Bertz CT molecular complexity index is 770. The lowest BCUT2D eigenvalue weighted by Crippen LogP contribution is -2.48. The van der Waals surface area contributed by atoms with Gasteiger partial charge < -0.3 is 5.32 Å². The van der Waals surface area contributed by atoms with Gasteiger partial charge in [-0.3, -0.25) is 14.6 Å². The summed E-state index contributed by atoms with van der Waals surface area (Å²) in [5.74, 6) is 0.0164. The molecule has 0 atom stereocenters. The molecule has 2 aromatic rings. The molecule has 1 fully saturated rings. The quantitative estimate of drug-likeness (QED) is 0.870. The van der Waals surface area contributed by atoms with Crippen LogP contribution >= 0.6 is 11.6 Å². The lowest BCUT2D eigenvalue weighted by atomic mass is 10.1. The van der Waals surface area contributed by atoms with E-state index in [0.717, 1.165) is 44.0 Å². The van der Waals surface area contributed by atoms with Gasteiger partial charge in [0.1, 0.15) is 0 Å². The van der Waals surface area contributed by atoms with Gasteiger partial charge in [-0.25, -0.2) is 0 Å². The van der Waals surface area contributed by atoms with Crippen LogP contribution in [0.25, 0.3) is 0 Å². The normalized spacial score (nSPS) is 15.8. The van der Waals surface area contributed by atoms with Gasteiger partial charge in [0, 0.05) is 43.4 Å². The van der Waals surface area contributed by atoms with Gasteiger partial charge in [-0.2, -0.15) is 0 Å². The standard InChI is InChI=1S/C21H26ClN3O/c1-16-6-3-4-7-18(16)14-24-10-12-25(13-11-24)15-21(26)23-20-9-5-8-19(22)17(20)2/h3-9H,10-15H2,1-2H3,(H,23,26). The lowest BCUT2D eigenvalue weighted by molar-refractivity contribution is -0.117. The number of carbonyl (C=O) groups is 1. The van der Waals surface area contributed by atoms with Crippen LogP contribution in [0.4, 0.5) is 5.69 Å². The predicted octanol–water partition coefficient (Wildman–Crippen LogP) is 3.71. The zero-order chi connectivity index (χ0) is 18.5. The minimum absolute atomic E-state index is 0.0164. The van der Waals surface area contributed by atoms with Crippen molar-refractivity contribution in [2.75, 3.05) is 38.0 Å². The van der Waals surface area contributed by atoms with E-state index >= 15 is 0 Å². The van der Waals surface area contributed by atoms with Crippen molar-refractivity contribution in [2.45, 2.75) is 20.4 Å². The number of anilines is 1. The van der Waals surface area contributed by atoms with Crippen molar-refractivity contribution < 1.29 is 4.79 Å². The van der Waals surface area contributed by atoms with Crippen LogP contribution in [0.3, 0.4) is 0 Å². The van der Waals surface area contributed by atoms with E-state index in [1.807, 2.05) is 25.1 Å². The van der Waals surface area contributed by atoms with E-state index in [4.69, 9.17) is 11.6 Å². The average Bonchev–Trinajstić information content (AvgIpc) is 2.62. The van der Waals surface area contributed by atoms with Crippen LogP contribution in [0.1, 0.15) is 16.7 Å². The van der Waals surface area contributed by atoms with Gasteiger partial charge in [0.15, 0.2) is 0 Å². The summed E-state index contributed by atoms with van der Waals surface area (Å²) in [5, 5.41) is 3.65. The smallest absolute Gasteiger partial charge is 0.238 e. The van der Waals surface area contributed by atoms with E-state index in [2.05, 4.69) is 46.3 Å². The fraction of sp³-hybridized carbons (Fsp3) is 0.381. The van der Waals surface area contributed by atoms with Gasteiger partial charge in [-0.05, 0) is 42.7 Å². The molecular weight excluding hydrogens is 346 g/mol. The summed E-state index contributed by atoms with van der Waals surface area (Å²) in [5.41, 5.74) is 4.42. The Balaban J connectivity index is 1.47. The number of carbonyl (C=O) groups excluding carboxylic acids is 1. The number of nitrogens with zero attached hydrogens (tertiary/aromatic N) is 2. The molecule has 1 heterocycles. The van der Waals surface area contributed by atoms with Crippen molar-refractivity contribution in [1.82, 2.24) is 9.80 Å². The van der Waals surface area contributed by atoms with Crippen molar-refractivity contribution in [2.24, 2.45) is 0 Å². The number of halogens is 1. The molecule has 0 spiro atoms. The molecule has 3 rings (SSSR count). The molecule has 0 radical (unpaired) electrons. The Labute approximate surface area is 160 Å². The first-order chi connectivity index (χ1) is 12.5. The molecule has 26 heavy (non-hydrogen) atoms. The summed E-state index contributed by atoms with van der Waals surface area (Å²) in [6.07, 6.45) is 0. The fourth-order valence-electron chi connectivity index (χ4n) is 3.27. The molecule has 5 heteroatoms. The van der Waals surface area contributed by atoms with Crippen LogP contribution in [-0.2, 0) is 11.3 Å². The van der Waals surface area contributed by atoms with Crippen molar-refractivity contribution in [3.8, 4) is 0 Å². The third-order valence-electron chi connectivity index (χ3n) is 5.03. The summed E-state index contributed by atoms with van der Waals surface area (Å²) in [6.45, 7) is 9.27. The number of benzene rings is 2. The number of amides is 1. The number of aryl methyl sites for hydroxylation is 1. The van der Waals surface area contributed by atoms with Gasteiger partial charge in [0.25, 0.3) is 0 Å². The Kier molecular flexibility index (Phi) is 6.30. The highest BCUT2D eigenvalue weighted by atomic mass is 35.5. The van der Waals surface area contributed by atoms with Crippen LogP contribution in [0.15, 0.2) is 42.5 Å². The summed E-state index contributed by atoms with van der Waals surface area (Å²) in [4.78, 5) is 17.0. The lowest BCUT2D eigenvalue weighted by Gasteiger charge is -2.34. The van der Waals surface area contributed by atoms with E-state index in [-0.39, 0.29) is 5.91 Å². The topological polar surface area (TPSA) is 35.6 Å². The van der Waals surface area contributed by atoms with Crippen molar-refractivity contribution in [1.29, 1.82) is 0 Å². The molecule has 1 aliphatic rings. The third-order valence-corrected chi connectivity index (χ3v) is 5.44. The van der Waals surface area contributed by atoms with Crippen LogP contribution in [0, 0.1) is 13.8 Å². The average molecular weight is 372 g/mol. The first kappa shape index (κ1) is 18.9. The summed E-state index contributed by atoms with van der Waals surface area (Å²) in [7, 11) is 0. The number of rotatable bonds is 5. The predicted molar refractivity (Wildman–Crippen MR) is 108 cm³/mol. The highest BCUT2D eigenvalue weighted by Gasteiger charge is 2.19. The monoisotopic (exact) mass is 371 g/mol. The first-order valence-corrected chi connectivity index (χ1v) is 9.45. The Morgan fingerprint density at radius 1 is 1.00 bits per heavy atom. The molecule has 0 bridgehead atoms. The summed E-state index contributed by atoms with van der Waals surface area (Å²) < 4.78 is 0. The van der Waals surface area contributed by atoms with E-state index in [0.29, 0.717) is 11.6 Å². The molecule has 1 saturated heterocycles. The molecule has 2 aromatic carbocycles. The van der Waals surface area contributed by atoms with Crippen molar-refractivity contribution in [3.63, 3.8) is 0 Å². The second-order valence-electron chi connectivity index (χ2n) is 6.94. The summed E-state index contributed by atoms with van der Waals surface area (Å²) >= 11 is 6.12. The summed E-state index contributed by atoms with van der Waals surface area (Å²) in [6, 6.07) is 14.1. The molecular formula is C21H26ClN3O. The molecule has 1 aliphatic heterocycles. The van der Waals surface area contributed by atoms with Crippen LogP contribution in [0.2, 0.25) is 5.02 Å². The largest absolute Gasteiger partial charge is 0.325 e. The molecule has 4 nitrogen and oxygen atoms in total. The second kappa shape index (κ2) is 8.67. The van der Waals surface area contributed by atoms with E-state index in [1.165, 1.54) is 11.1 Å². The van der Waals surface area contributed by atoms with Crippen LogP contribution < -0.4 is 5.32 Å². The molecule has 1 amide bonds. The van der Waals surface area contributed by atoms with Crippen LogP contribution in [0.5, 0.6) is 0 Å². The minimum atomic E-state index is 0.0164. The maximum atomic E-state index is 12.4. The van der Waals surface area contributed by atoms with E-state index < -0.39 is 0 Å². The van der Waals surface area contributed by atoms with Crippen molar-refractivity contribution >= 4 is 23.2 Å². The SMILES string of the molecule is Cc1ccccc1CN1CCN(CC(=O)Nc2cccc(Cl)c2C)CC1. The molecule has 0 unspecified atom stereocenters. The maximum Gasteiger partial charge on any atom is 0.238 e. The third kappa shape index (κ3) is 4.85. The van der Waals surface area contributed by atoms with Gasteiger partial charge >= 0.3 is 0 Å². The number of piperazine rings is 1. The second-order valence-corrected chi connectivity index (χ2v) is 7.35. The molecule has 0 aromatic heterocycles. The number of nitrogens with one attached hydrogen (secondary N) is 1. The Morgan fingerprint density at radius 2 is 1.69 bits per heavy atom. The molecule has 138 valence electrons. The highest BCUT2D eigenvalue weighted by molar-refractivity contribution is 6.31. The zero-order valence-corrected chi connectivity index (χ0v) is 16.2. The molecule has 0 aliphatic carbocycles. The zero-order valence-electron chi connectivity index (χ0n) is 15.5. The Morgan fingerprint density at radius 3 is 2.42 bits per heavy atom. The van der Waals surface area contributed by atoms with E-state index in [9.17, 15) is 4.79 Å². The molecule has 1 N–H and O–H groups in total. The fourth-order valence-corrected chi connectivity index (χ4v) is 3.44. The highest BCUT2D eigenvalue weighted by Crippen LogP contribution is 2.22. The van der Waals surface area contributed by atoms with Crippen LogP contribution in [-0.4, -0.2) is 48.4 Å². The number of hydrogen-bond donors (Lipinski definition) is 1. The number of hydrogen-bond acceptors (Lipinski definition) is 3. The van der Waals surface area contributed by atoms with Gasteiger partial charge in [-0.15, -0.1) is 0 Å².